The SMILES string of the molecule is CCCCCCCC[C@@H]1O[C@H]1CCCCCCCC(=O)N[C@@H](C)COC. The second kappa shape index (κ2) is 15.4. The summed E-state index contributed by atoms with van der Waals surface area (Å²) < 4.78 is 10.8. The summed E-state index contributed by atoms with van der Waals surface area (Å²) in [5.41, 5.74) is 0. The minimum Gasteiger partial charge on any atom is -0.383 e. The first-order valence-corrected chi connectivity index (χ1v) is 11.1. The van der Waals surface area contributed by atoms with Crippen molar-refractivity contribution in [2.45, 2.75) is 122 Å². The van der Waals surface area contributed by atoms with Crippen molar-refractivity contribution in [3.63, 3.8) is 0 Å². The zero-order chi connectivity index (χ0) is 19.0. The molecule has 0 spiro atoms. The Bertz CT molecular complexity index is 348. The molecule has 0 aromatic carbocycles. The summed E-state index contributed by atoms with van der Waals surface area (Å²) >= 11 is 0. The molecule has 1 amide bonds. The van der Waals surface area contributed by atoms with Crippen molar-refractivity contribution in [3.05, 3.63) is 0 Å². The average Bonchev–Trinajstić information content (AvgIpc) is 3.35. The van der Waals surface area contributed by atoms with Crippen LogP contribution in [0, 0.1) is 0 Å². The summed E-state index contributed by atoms with van der Waals surface area (Å²) in [6, 6.07) is 0.107. The van der Waals surface area contributed by atoms with E-state index in [4.69, 9.17) is 9.47 Å². The van der Waals surface area contributed by atoms with Gasteiger partial charge in [0.15, 0.2) is 0 Å². The van der Waals surface area contributed by atoms with Gasteiger partial charge in [0.2, 0.25) is 5.91 Å². The number of epoxide rings is 1. The van der Waals surface area contributed by atoms with Crippen molar-refractivity contribution in [1.82, 2.24) is 5.32 Å². The van der Waals surface area contributed by atoms with Crippen LogP contribution < -0.4 is 5.32 Å². The maximum atomic E-state index is 11.7. The van der Waals surface area contributed by atoms with Crippen LogP contribution in [0.5, 0.6) is 0 Å². The lowest BCUT2D eigenvalue weighted by atomic mass is 10.0. The quantitative estimate of drug-likeness (QED) is 0.260. The summed E-state index contributed by atoms with van der Waals surface area (Å²) in [5, 5.41) is 2.96. The maximum Gasteiger partial charge on any atom is 0.220 e. The van der Waals surface area contributed by atoms with Gasteiger partial charge in [-0.25, -0.2) is 0 Å². The Labute approximate surface area is 161 Å². The minimum absolute atomic E-state index is 0.107. The predicted molar refractivity (Wildman–Crippen MR) is 108 cm³/mol. The number of carbonyl (C=O) groups excluding carboxylic acids is 1. The molecule has 1 saturated heterocycles. The molecule has 0 radical (unpaired) electrons. The third-order valence-corrected chi connectivity index (χ3v) is 5.25. The van der Waals surface area contributed by atoms with Crippen molar-refractivity contribution < 1.29 is 14.3 Å². The molecule has 154 valence electrons. The van der Waals surface area contributed by atoms with Crippen LogP contribution in [0.3, 0.4) is 0 Å². The molecule has 0 aromatic rings. The predicted octanol–water partition coefficient (Wildman–Crippen LogP) is 5.39. The van der Waals surface area contributed by atoms with Crippen LogP contribution in [-0.4, -0.2) is 37.9 Å². The van der Waals surface area contributed by atoms with E-state index in [9.17, 15) is 4.79 Å². The number of carbonyl (C=O) groups is 1. The fourth-order valence-electron chi connectivity index (χ4n) is 3.61. The van der Waals surface area contributed by atoms with Crippen LogP contribution in [0.15, 0.2) is 0 Å². The van der Waals surface area contributed by atoms with Gasteiger partial charge in [0, 0.05) is 19.6 Å². The summed E-state index contributed by atoms with van der Waals surface area (Å²) in [5.74, 6) is 0.151. The molecule has 4 nitrogen and oxygen atoms in total. The first-order valence-electron chi connectivity index (χ1n) is 11.1. The highest BCUT2D eigenvalue weighted by atomic mass is 16.6. The van der Waals surface area contributed by atoms with E-state index in [1.807, 2.05) is 6.92 Å². The zero-order valence-electron chi connectivity index (χ0n) is 17.6. The normalized spacial score (nSPS) is 20.1. The van der Waals surface area contributed by atoms with Crippen LogP contribution in [0.4, 0.5) is 0 Å². The number of amides is 1. The number of hydrogen-bond acceptors (Lipinski definition) is 3. The Hall–Kier alpha value is -0.610. The Morgan fingerprint density at radius 1 is 0.923 bits per heavy atom. The fraction of sp³-hybridized carbons (Fsp3) is 0.955. The van der Waals surface area contributed by atoms with Crippen molar-refractivity contribution in [1.29, 1.82) is 0 Å². The standard InChI is InChI=1S/C22H43NO3/c1-4-5-6-7-9-12-15-20-21(26-20)16-13-10-8-11-14-17-22(24)23-19(2)18-25-3/h19-21H,4-18H2,1-3H3,(H,23,24)/t19-,20-,21-/m0/s1. The van der Waals surface area contributed by atoms with Gasteiger partial charge in [0.05, 0.1) is 18.8 Å². The van der Waals surface area contributed by atoms with Crippen molar-refractivity contribution in [3.8, 4) is 0 Å². The van der Waals surface area contributed by atoms with Gasteiger partial charge in [-0.3, -0.25) is 4.79 Å². The monoisotopic (exact) mass is 369 g/mol. The second-order valence-electron chi connectivity index (χ2n) is 8.00. The molecule has 1 aliphatic rings. The lowest BCUT2D eigenvalue weighted by Gasteiger charge is -2.12. The van der Waals surface area contributed by atoms with Crippen LogP contribution in [0.1, 0.15) is 104 Å². The zero-order valence-corrected chi connectivity index (χ0v) is 17.6. The third kappa shape index (κ3) is 12.7. The number of rotatable bonds is 18. The Morgan fingerprint density at radius 3 is 2.04 bits per heavy atom. The highest BCUT2D eigenvalue weighted by Crippen LogP contribution is 2.31. The average molecular weight is 370 g/mol. The smallest absolute Gasteiger partial charge is 0.220 e. The topological polar surface area (TPSA) is 50.9 Å². The lowest BCUT2D eigenvalue weighted by Crippen LogP contribution is -2.35. The van der Waals surface area contributed by atoms with Gasteiger partial charge in [0.1, 0.15) is 0 Å². The molecular weight excluding hydrogens is 326 g/mol. The van der Waals surface area contributed by atoms with Crippen LogP contribution in [-0.2, 0) is 14.3 Å². The van der Waals surface area contributed by atoms with Crippen molar-refractivity contribution in [2.75, 3.05) is 13.7 Å². The van der Waals surface area contributed by atoms with Gasteiger partial charge in [-0.05, 0) is 26.2 Å². The summed E-state index contributed by atoms with van der Waals surface area (Å²) in [6.07, 6.45) is 18.4. The minimum atomic E-state index is 0.107. The first kappa shape index (κ1) is 23.4. The molecule has 0 saturated carbocycles. The maximum absolute atomic E-state index is 11.7. The molecule has 4 heteroatoms. The summed E-state index contributed by atoms with van der Waals surface area (Å²) in [6.45, 7) is 4.82. The van der Waals surface area contributed by atoms with E-state index in [-0.39, 0.29) is 11.9 Å². The van der Waals surface area contributed by atoms with Gasteiger partial charge in [0.25, 0.3) is 0 Å². The van der Waals surface area contributed by atoms with Crippen LogP contribution >= 0.6 is 0 Å². The van der Waals surface area contributed by atoms with E-state index in [0.29, 0.717) is 25.2 Å². The number of hydrogen-bond donors (Lipinski definition) is 1. The van der Waals surface area contributed by atoms with Gasteiger partial charge >= 0.3 is 0 Å². The highest BCUT2D eigenvalue weighted by molar-refractivity contribution is 5.76. The van der Waals surface area contributed by atoms with E-state index in [2.05, 4.69) is 12.2 Å². The van der Waals surface area contributed by atoms with E-state index in [1.165, 1.54) is 70.6 Å². The van der Waals surface area contributed by atoms with Crippen LogP contribution in [0.2, 0.25) is 0 Å². The van der Waals surface area contributed by atoms with E-state index < -0.39 is 0 Å². The molecule has 0 aliphatic carbocycles. The molecule has 0 unspecified atom stereocenters. The van der Waals surface area contributed by atoms with Crippen molar-refractivity contribution >= 4 is 5.91 Å². The van der Waals surface area contributed by atoms with Crippen molar-refractivity contribution in [2.24, 2.45) is 0 Å². The second-order valence-corrected chi connectivity index (χ2v) is 8.00. The first-order chi connectivity index (χ1) is 12.7. The van der Waals surface area contributed by atoms with Gasteiger partial charge < -0.3 is 14.8 Å². The lowest BCUT2D eigenvalue weighted by molar-refractivity contribution is -0.122. The highest BCUT2D eigenvalue weighted by Gasteiger charge is 2.36. The van der Waals surface area contributed by atoms with E-state index in [1.54, 1.807) is 7.11 Å². The molecule has 0 aromatic heterocycles. The number of methoxy groups -OCH3 is 1. The number of ether oxygens (including phenoxy) is 2. The molecular formula is C22H43NO3. The number of unbranched alkanes of at least 4 members (excludes halogenated alkanes) is 9. The molecule has 1 N–H and O–H groups in total. The summed E-state index contributed by atoms with van der Waals surface area (Å²) in [4.78, 5) is 11.7. The van der Waals surface area contributed by atoms with Gasteiger partial charge in [-0.1, -0.05) is 71.1 Å². The third-order valence-electron chi connectivity index (χ3n) is 5.25. The van der Waals surface area contributed by atoms with E-state index in [0.717, 1.165) is 12.8 Å². The molecule has 0 bridgehead atoms. The van der Waals surface area contributed by atoms with Gasteiger partial charge in [-0.2, -0.15) is 0 Å². The molecule has 26 heavy (non-hydrogen) atoms. The molecule has 1 fully saturated rings. The molecule has 1 heterocycles. The van der Waals surface area contributed by atoms with Gasteiger partial charge in [-0.15, -0.1) is 0 Å². The molecule has 3 atom stereocenters. The molecule has 1 rings (SSSR count). The fourth-order valence-corrected chi connectivity index (χ4v) is 3.61. The van der Waals surface area contributed by atoms with Crippen LogP contribution in [0.25, 0.3) is 0 Å². The summed E-state index contributed by atoms with van der Waals surface area (Å²) in [7, 11) is 1.66. The largest absolute Gasteiger partial charge is 0.383 e. The Morgan fingerprint density at radius 2 is 1.46 bits per heavy atom. The number of nitrogens with one attached hydrogen (secondary N) is 1. The van der Waals surface area contributed by atoms with E-state index >= 15 is 0 Å². The molecule has 1 aliphatic heterocycles. The Balaban J connectivity index is 1.81. The Kier molecular flexibility index (Phi) is 13.9.